The molecule has 1 aromatic heterocycles. The Morgan fingerprint density at radius 1 is 0.939 bits per heavy atom. The van der Waals surface area contributed by atoms with Crippen molar-refractivity contribution in [1.82, 2.24) is 4.98 Å². The molecular weight excluding hydrogens is 420 g/mol. The maximum atomic E-state index is 13.1. The highest BCUT2D eigenvalue weighted by atomic mass is 16.5. The fourth-order valence-corrected chi connectivity index (χ4v) is 3.76. The van der Waals surface area contributed by atoms with Gasteiger partial charge in [0.25, 0.3) is 11.7 Å². The molecule has 2 heterocycles. The number of aliphatic hydroxyl groups excluding tert-OH is 1. The van der Waals surface area contributed by atoms with Gasteiger partial charge in [0.2, 0.25) is 0 Å². The van der Waals surface area contributed by atoms with Crippen molar-refractivity contribution in [3.63, 3.8) is 0 Å². The van der Waals surface area contributed by atoms with Gasteiger partial charge in [-0.2, -0.15) is 0 Å². The van der Waals surface area contributed by atoms with Gasteiger partial charge < -0.3 is 9.84 Å². The number of aromatic nitrogens is 1. The minimum Gasteiger partial charge on any atom is -0.507 e. The second-order valence-electron chi connectivity index (χ2n) is 7.82. The van der Waals surface area contributed by atoms with Crippen LogP contribution < -0.4 is 4.90 Å². The van der Waals surface area contributed by atoms with E-state index in [0.717, 1.165) is 0 Å². The Hall–Kier alpha value is -4.26. The number of Topliss-reactive ketones (excluding diaryl/α,β-unsaturated/α-hetero) is 1. The highest BCUT2D eigenvalue weighted by molar-refractivity contribution is 6.51. The van der Waals surface area contributed by atoms with Gasteiger partial charge in [-0.25, -0.2) is 4.79 Å². The van der Waals surface area contributed by atoms with Crippen LogP contribution in [0, 0.1) is 0 Å². The lowest BCUT2D eigenvalue weighted by Gasteiger charge is -2.25. The first-order valence-electron chi connectivity index (χ1n) is 10.5. The molecule has 4 rings (SSSR count). The van der Waals surface area contributed by atoms with Crippen LogP contribution in [0.3, 0.4) is 0 Å². The number of rotatable bonds is 5. The third-order valence-electron chi connectivity index (χ3n) is 5.24. The van der Waals surface area contributed by atoms with Crippen molar-refractivity contribution >= 4 is 29.1 Å². The molecule has 0 radical (unpaired) electrons. The minimum absolute atomic E-state index is 0.0132. The van der Waals surface area contributed by atoms with Crippen molar-refractivity contribution in [2.24, 2.45) is 0 Å². The molecular formula is C26H22N2O5. The van der Waals surface area contributed by atoms with Crippen LogP contribution in [0.5, 0.6) is 0 Å². The fourth-order valence-electron chi connectivity index (χ4n) is 3.76. The highest BCUT2D eigenvalue weighted by Crippen LogP contribution is 2.42. The molecule has 0 bridgehead atoms. The summed E-state index contributed by atoms with van der Waals surface area (Å²) in [5, 5.41) is 11.0. The molecule has 1 unspecified atom stereocenters. The number of aliphatic hydroxyl groups is 1. The van der Waals surface area contributed by atoms with Gasteiger partial charge in [-0.05, 0) is 55.8 Å². The number of benzene rings is 2. The molecule has 2 aromatic carbocycles. The van der Waals surface area contributed by atoms with Crippen LogP contribution in [0.1, 0.15) is 41.4 Å². The van der Waals surface area contributed by atoms with E-state index in [1.54, 1.807) is 74.5 Å². The van der Waals surface area contributed by atoms with Crippen LogP contribution in [-0.4, -0.2) is 33.9 Å². The van der Waals surface area contributed by atoms with Crippen LogP contribution in [0.2, 0.25) is 0 Å². The zero-order valence-electron chi connectivity index (χ0n) is 18.1. The van der Waals surface area contributed by atoms with E-state index >= 15 is 0 Å². The van der Waals surface area contributed by atoms with Crippen molar-refractivity contribution in [3.8, 4) is 0 Å². The standard InChI is InChI=1S/C26H22N2O5/c1-16(2)33-26(32)19-8-10-20(11-9-19)28-22(17-6-4-3-5-7-17)21(24(30)25(28)31)23(29)18-12-14-27-15-13-18/h3-16,22,29H,1-2H3/b23-21+. The Morgan fingerprint density at radius 2 is 1.58 bits per heavy atom. The van der Waals surface area contributed by atoms with Crippen LogP contribution in [-0.2, 0) is 14.3 Å². The van der Waals surface area contributed by atoms with Crippen molar-refractivity contribution in [1.29, 1.82) is 0 Å². The summed E-state index contributed by atoms with van der Waals surface area (Å²) in [7, 11) is 0. The summed E-state index contributed by atoms with van der Waals surface area (Å²) in [4.78, 5) is 43.7. The zero-order chi connectivity index (χ0) is 23.5. The van der Waals surface area contributed by atoms with Crippen molar-refractivity contribution in [2.45, 2.75) is 26.0 Å². The summed E-state index contributed by atoms with van der Waals surface area (Å²) in [5.74, 6) is -2.31. The second kappa shape index (κ2) is 9.08. The fraction of sp³-hybridized carbons (Fsp3) is 0.154. The number of pyridine rings is 1. The Morgan fingerprint density at radius 3 is 2.18 bits per heavy atom. The van der Waals surface area contributed by atoms with Crippen molar-refractivity contribution < 1.29 is 24.2 Å². The van der Waals surface area contributed by atoms with Gasteiger partial charge in [-0.1, -0.05) is 30.3 Å². The van der Waals surface area contributed by atoms with Crippen molar-refractivity contribution in [3.05, 3.63) is 101 Å². The first-order chi connectivity index (χ1) is 15.9. The number of carbonyl (C=O) groups is 3. The maximum absolute atomic E-state index is 13.1. The molecule has 7 nitrogen and oxygen atoms in total. The number of amides is 1. The van der Waals surface area contributed by atoms with E-state index < -0.39 is 23.7 Å². The minimum atomic E-state index is -0.840. The lowest BCUT2D eigenvalue weighted by atomic mass is 9.95. The lowest BCUT2D eigenvalue weighted by Crippen LogP contribution is -2.29. The summed E-state index contributed by atoms with van der Waals surface area (Å²) in [6.07, 6.45) is 2.73. The summed E-state index contributed by atoms with van der Waals surface area (Å²) in [6, 6.07) is 17.6. The number of ether oxygens (including phenoxy) is 1. The number of ketones is 1. The highest BCUT2D eigenvalue weighted by Gasteiger charge is 2.46. The summed E-state index contributed by atoms with van der Waals surface area (Å²) >= 11 is 0. The number of esters is 1. The molecule has 1 aliphatic heterocycles. The van der Waals surface area contributed by atoms with Gasteiger partial charge in [0, 0.05) is 23.6 Å². The van der Waals surface area contributed by atoms with Gasteiger partial charge in [0.1, 0.15) is 5.76 Å². The van der Waals surface area contributed by atoms with E-state index in [4.69, 9.17) is 4.74 Å². The largest absolute Gasteiger partial charge is 0.507 e. The number of hydrogen-bond acceptors (Lipinski definition) is 6. The third-order valence-corrected chi connectivity index (χ3v) is 5.24. The SMILES string of the molecule is CC(C)OC(=O)c1ccc(N2C(=O)C(=O)/C(=C(/O)c3ccncc3)C2c2ccccc2)cc1. The predicted molar refractivity (Wildman–Crippen MR) is 122 cm³/mol. The van der Waals surface area contributed by atoms with E-state index in [1.165, 1.54) is 17.3 Å². The number of anilines is 1. The van der Waals surface area contributed by atoms with Gasteiger partial charge in [-0.3, -0.25) is 19.5 Å². The molecule has 0 aliphatic carbocycles. The Bertz CT molecular complexity index is 1220. The van der Waals surface area contributed by atoms with E-state index in [-0.39, 0.29) is 17.4 Å². The Balaban J connectivity index is 1.81. The molecule has 0 saturated carbocycles. The van der Waals surface area contributed by atoms with Crippen LogP contribution in [0.15, 0.2) is 84.7 Å². The molecule has 0 spiro atoms. The van der Waals surface area contributed by atoms with Crippen LogP contribution >= 0.6 is 0 Å². The van der Waals surface area contributed by atoms with Gasteiger partial charge >= 0.3 is 5.97 Å². The third kappa shape index (κ3) is 4.25. The quantitative estimate of drug-likeness (QED) is 0.274. The first-order valence-corrected chi connectivity index (χ1v) is 10.5. The van der Waals surface area contributed by atoms with Gasteiger partial charge in [-0.15, -0.1) is 0 Å². The lowest BCUT2D eigenvalue weighted by molar-refractivity contribution is -0.132. The molecule has 1 atom stereocenters. The molecule has 7 heteroatoms. The van der Waals surface area contributed by atoms with E-state index in [1.807, 2.05) is 6.07 Å². The van der Waals surface area contributed by atoms with E-state index in [2.05, 4.69) is 4.98 Å². The number of nitrogens with zero attached hydrogens (tertiary/aromatic N) is 2. The Labute approximate surface area is 191 Å². The molecule has 33 heavy (non-hydrogen) atoms. The van der Waals surface area contributed by atoms with E-state index in [0.29, 0.717) is 22.4 Å². The summed E-state index contributed by atoms with van der Waals surface area (Å²) in [6.45, 7) is 3.52. The smallest absolute Gasteiger partial charge is 0.338 e. The average Bonchev–Trinajstić information content (AvgIpc) is 3.10. The zero-order valence-corrected chi connectivity index (χ0v) is 18.1. The molecule has 166 valence electrons. The molecule has 1 amide bonds. The predicted octanol–water partition coefficient (Wildman–Crippen LogP) is 4.27. The molecule has 1 fully saturated rings. The molecule has 3 aromatic rings. The molecule has 1 saturated heterocycles. The molecule has 1 N–H and O–H groups in total. The van der Waals surface area contributed by atoms with Crippen molar-refractivity contribution in [2.75, 3.05) is 4.90 Å². The number of carbonyl (C=O) groups excluding carboxylic acids is 3. The first kappa shape index (κ1) is 22.0. The Kier molecular flexibility index (Phi) is 6.04. The van der Waals surface area contributed by atoms with Gasteiger partial charge in [0.15, 0.2) is 0 Å². The van der Waals surface area contributed by atoms with Crippen LogP contribution in [0.25, 0.3) is 5.76 Å². The molecule has 1 aliphatic rings. The topological polar surface area (TPSA) is 96.8 Å². The normalized spacial score (nSPS) is 17.4. The maximum Gasteiger partial charge on any atom is 0.338 e. The van der Waals surface area contributed by atoms with Crippen LogP contribution in [0.4, 0.5) is 5.69 Å². The number of hydrogen-bond donors (Lipinski definition) is 1. The van der Waals surface area contributed by atoms with E-state index in [9.17, 15) is 19.5 Å². The van der Waals surface area contributed by atoms with Gasteiger partial charge in [0.05, 0.1) is 23.3 Å². The summed E-state index contributed by atoms with van der Waals surface area (Å²) < 4.78 is 5.21. The summed E-state index contributed by atoms with van der Waals surface area (Å²) in [5.41, 5.74) is 1.78. The average molecular weight is 442 g/mol. The monoisotopic (exact) mass is 442 g/mol. The second-order valence-corrected chi connectivity index (χ2v) is 7.82.